The van der Waals surface area contributed by atoms with Crippen molar-refractivity contribution in [1.29, 1.82) is 0 Å². The summed E-state index contributed by atoms with van der Waals surface area (Å²) in [5.41, 5.74) is 0. The van der Waals surface area contributed by atoms with Gasteiger partial charge in [0, 0.05) is 0 Å². The summed E-state index contributed by atoms with van der Waals surface area (Å²) < 4.78 is 0. The van der Waals surface area contributed by atoms with Gasteiger partial charge in [0.15, 0.2) is 0 Å². The van der Waals surface area contributed by atoms with Crippen LogP contribution in [0.2, 0.25) is 0 Å². The molecule has 2 unspecified atom stereocenters. The van der Waals surface area contributed by atoms with Gasteiger partial charge in [0.25, 0.3) is 0 Å². The van der Waals surface area contributed by atoms with Crippen LogP contribution in [-0.2, 0) is 4.79 Å². The minimum absolute atomic E-state index is 0.573. The molecular weight excluding hydrogens is 144 g/mol. The summed E-state index contributed by atoms with van der Waals surface area (Å²) in [6, 6.07) is 0. The van der Waals surface area contributed by atoms with Crippen LogP contribution < -0.4 is 0 Å². The first-order valence-corrected chi connectivity index (χ1v) is 4.00. The van der Waals surface area contributed by atoms with Crippen LogP contribution in [0.4, 0.5) is 0 Å². The Hall–Kier alpha value is -0.570. The van der Waals surface area contributed by atoms with Crippen molar-refractivity contribution in [2.75, 3.05) is 0 Å². The molecule has 0 aliphatic carbocycles. The number of carboxylic acids is 1. The van der Waals surface area contributed by atoms with Gasteiger partial charge < -0.3 is 10.2 Å². The molecule has 0 spiro atoms. The van der Waals surface area contributed by atoms with E-state index in [-0.39, 0.29) is 0 Å². The van der Waals surface area contributed by atoms with Crippen LogP contribution in [0, 0.1) is 5.92 Å². The maximum Gasteiger partial charge on any atom is 0.309 e. The highest BCUT2D eigenvalue weighted by molar-refractivity contribution is 5.70. The molecule has 11 heavy (non-hydrogen) atoms. The molecule has 0 rings (SSSR count). The fraction of sp³-hybridized carbons (Fsp3) is 0.875. The summed E-state index contributed by atoms with van der Waals surface area (Å²) in [5, 5.41) is 17.6. The Morgan fingerprint density at radius 3 is 2.36 bits per heavy atom. The van der Waals surface area contributed by atoms with Crippen LogP contribution >= 0.6 is 0 Å². The minimum atomic E-state index is -0.895. The number of hydrogen-bond donors (Lipinski definition) is 2. The fourth-order valence-corrected chi connectivity index (χ4v) is 0.995. The zero-order valence-electron chi connectivity index (χ0n) is 7.08. The molecule has 2 N–H and O–H groups in total. The van der Waals surface area contributed by atoms with Gasteiger partial charge in [-0.25, -0.2) is 0 Å². The Morgan fingerprint density at radius 1 is 1.55 bits per heavy atom. The molecule has 0 aromatic carbocycles. The second-order valence-corrected chi connectivity index (χ2v) is 2.83. The van der Waals surface area contributed by atoms with Gasteiger partial charge in [-0.3, -0.25) is 4.79 Å². The second kappa shape index (κ2) is 5.13. The van der Waals surface area contributed by atoms with E-state index in [1.165, 1.54) is 6.92 Å². The monoisotopic (exact) mass is 160 g/mol. The number of aliphatic hydroxyl groups is 1. The largest absolute Gasteiger partial charge is 0.481 e. The van der Waals surface area contributed by atoms with Gasteiger partial charge in [-0.2, -0.15) is 0 Å². The number of hydrogen-bond acceptors (Lipinski definition) is 2. The third-order valence-corrected chi connectivity index (χ3v) is 1.77. The molecule has 0 aromatic rings. The van der Waals surface area contributed by atoms with Crippen LogP contribution in [0.5, 0.6) is 0 Å². The van der Waals surface area contributed by atoms with E-state index in [0.29, 0.717) is 6.42 Å². The molecule has 66 valence electrons. The van der Waals surface area contributed by atoms with E-state index < -0.39 is 18.0 Å². The van der Waals surface area contributed by atoms with Crippen LogP contribution in [0.1, 0.15) is 33.1 Å². The third kappa shape index (κ3) is 3.98. The summed E-state index contributed by atoms with van der Waals surface area (Å²) in [6.45, 7) is 3.52. The van der Waals surface area contributed by atoms with Crippen molar-refractivity contribution in [2.24, 2.45) is 5.92 Å². The van der Waals surface area contributed by atoms with Crippen LogP contribution in [0.15, 0.2) is 0 Å². The number of unbranched alkanes of at least 4 members (excludes halogenated alkanes) is 1. The third-order valence-electron chi connectivity index (χ3n) is 1.77. The van der Waals surface area contributed by atoms with Gasteiger partial charge in [0.1, 0.15) is 0 Å². The van der Waals surface area contributed by atoms with E-state index in [1.54, 1.807) is 0 Å². The fourth-order valence-electron chi connectivity index (χ4n) is 0.995. The van der Waals surface area contributed by atoms with Crippen molar-refractivity contribution in [3.8, 4) is 0 Å². The van der Waals surface area contributed by atoms with Crippen LogP contribution in [-0.4, -0.2) is 22.3 Å². The highest BCUT2D eigenvalue weighted by atomic mass is 16.4. The zero-order valence-corrected chi connectivity index (χ0v) is 7.08. The lowest BCUT2D eigenvalue weighted by Gasteiger charge is -2.13. The first kappa shape index (κ1) is 10.4. The molecule has 0 aliphatic heterocycles. The molecule has 0 saturated heterocycles. The van der Waals surface area contributed by atoms with E-state index in [0.717, 1.165) is 12.8 Å². The normalized spacial score (nSPS) is 15.9. The maximum absolute atomic E-state index is 10.5. The molecule has 0 aliphatic rings. The van der Waals surface area contributed by atoms with Gasteiger partial charge in [-0.1, -0.05) is 19.8 Å². The molecule has 0 fully saturated rings. The van der Waals surface area contributed by atoms with Crippen molar-refractivity contribution >= 4 is 5.97 Å². The SMILES string of the molecule is CCCCC(C(=O)O)C(C)O. The van der Waals surface area contributed by atoms with Gasteiger partial charge in [-0.15, -0.1) is 0 Å². The molecule has 0 bridgehead atoms. The first-order valence-electron chi connectivity index (χ1n) is 4.00. The molecule has 0 heterocycles. The highest BCUT2D eigenvalue weighted by Gasteiger charge is 2.21. The summed E-state index contributed by atoms with van der Waals surface area (Å²) in [4.78, 5) is 10.5. The lowest BCUT2D eigenvalue weighted by Crippen LogP contribution is -2.25. The van der Waals surface area contributed by atoms with Gasteiger partial charge in [0.2, 0.25) is 0 Å². The Bertz CT molecular complexity index is 121. The summed E-state index contributed by atoms with van der Waals surface area (Å²) >= 11 is 0. The number of aliphatic hydroxyl groups excluding tert-OH is 1. The quantitative estimate of drug-likeness (QED) is 0.636. The lowest BCUT2D eigenvalue weighted by molar-refractivity contribution is -0.145. The standard InChI is InChI=1S/C8H16O3/c1-3-4-5-7(6(2)9)8(10)11/h6-7,9H,3-5H2,1-2H3,(H,10,11). The topological polar surface area (TPSA) is 57.5 Å². The average Bonchev–Trinajstić information content (AvgIpc) is 1.87. The molecule has 0 aromatic heterocycles. The molecule has 2 atom stereocenters. The van der Waals surface area contributed by atoms with Crippen molar-refractivity contribution < 1.29 is 15.0 Å². The van der Waals surface area contributed by atoms with Crippen molar-refractivity contribution in [3.63, 3.8) is 0 Å². The summed E-state index contributed by atoms with van der Waals surface area (Å²) in [7, 11) is 0. The first-order chi connectivity index (χ1) is 5.09. The highest BCUT2D eigenvalue weighted by Crippen LogP contribution is 2.12. The van der Waals surface area contributed by atoms with Crippen molar-refractivity contribution in [2.45, 2.75) is 39.2 Å². The average molecular weight is 160 g/mol. The number of rotatable bonds is 5. The van der Waals surface area contributed by atoms with Gasteiger partial charge >= 0.3 is 5.97 Å². The number of carbonyl (C=O) groups is 1. The van der Waals surface area contributed by atoms with Crippen molar-refractivity contribution in [1.82, 2.24) is 0 Å². The molecular formula is C8H16O3. The number of carboxylic acid groups (broad SMARTS) is 1. The Labute approximate surface area is 67.0 Å². The van der Waals surface area contributed by atoms with Crippen molar-refractivity contribution in [3.05, 3.63) is 0 Å². The number of aliphatic carboxylic acids is 1. The zero-order chi connectivity index (χ0) is 8.85. The van der Waals surface area contributed by atoms with E-state index in [9.17, 15) is 4.79 Å². The van der Waals surface area contributed by atoms with Crippen LogP contribution in [0.25, 0.3) is 0 Å². The molecule has 3 heteroatoms. The molecule has 3 nitrogen and oxygen atoms in total. The Kier molecular flexibility index (Phi) is 4.86. The second-order valence-electron chi connectivity index (χ2n) is 2.83. The minimum Gasteiger partial charge on any atom is -0.481 e. The lowest BCUT2D eigenvalue weighted by atomic mass is 9.97. The van der Waals surface area contributed by atoms with Gasteiger partial charge in [-0.05, 0) is 13.3 Å². The van der Waals surface area contributed by atoms with Crippen LogP contribution in [0.3, 0.4) is 0 Å². The van der Waals surface area contributed by atoms with E-state index >= 15 is 0 Å². The van der Waals surface area contributed by atoms with E-state index in [1.807, 2.05) is 6.92 Å². The predicted octanol–water partition coefficient (Wildman–Crippen LogP) is 1.26. The Morgan fingerprint density at radius 2 is 2.09 bits per heavy atom. The molecule has 0 saturated carbocycles. The maximum atomic E-state index is 10.5. The predicted molar refractivity (Wildman–Crippen MR) is 42.3 cm³/mol. The summed E-state index contributed by atoms with van der Waals surface area (Å²) in [5.74, 6) is -1.48. The molecule has 0 amide bonds. The van der Waals surface area contributed by atoms with E-state index in [2.05, 4.69) is 0 Å². The summed E-state index contributed by atoms with van der Waals surface area (Å²) in [6.07, 6.45) is 1.67. The Balaban J connectivity index is 3.80. The smallest absolute Gasteiger partial charge is 0.309 e. The molecule has 0 radical (unpaired) electrons. The van der Waals surface area contributed by atoms with E-state index in [4.69, 9.17) is 10.2 Å². The van der Waals surface area contributed by atoms with Gasteiger partial charge in [0.05, 0.1) is 12.0 Å².